The minimum atomic E-state index is -1.14. The number of amides is 2. The molecule has 1 aliphatic heterocycles. The lowest BCUT2D eigenvalue weighted by Crippen LogP contribution is -2.32. The van der Waals surface area contributed by atoms with Crippen molar-refractivity contribution in [2.24, 2.45) is 0 Å². The van der Waals surface area contributed by atoms with Crippen LogP contribution in [0.15, 0.2) is 65.7 Å². The van der Waals surface area contributed by atoms with Gasteiger partial charge in [0.1, 0.15) is 11.4 Å². The molecule has 158 valence electrons. The van der Waals surface area contributed by atoms with E-state index in [1.807, 2.05) is 13.8 Å². The van der Waals surface area contributed by atoms with E-state index in [1.54, 1.807) is 41.8 Å². The number of carbonyl (C=O) groups excluding carboxylic acids is 2. The van der Waals surface area contributed by atoms with Gasteiger partial charge in [-0.3, -0.25) is 9.59 Å². The molecule has 1 N–H and O–H groups in total. The monoisotopic (exact) mass is 440 g/mol. The number of carbonyl (C=O) groups is 2. The second kappa shape index (κ2) is 8.31. The summed E-state index contributed by atoms with van der Waals surface area (Å²) in [7, 11) is 0. The Hall–Kier alpha value is -3.52. The number of halogens is 2. The van der Waals surface area contributed by atoms with Crippen LogP contribution in [0.2, 0.25) is 0 Å². The fraction of sp³-hybridized carbons (Fsp3) is 0.130. The van der Waals surface area contributed by atoms with Crippen molar-refractivity contribution in [3.05, 3.63) is 82.2 Å². The highest BCUT2D eigenvalue weighted by Crippen LogP contribution is 2.36. The van der Waals surface area contributed by atoms with E-state index in [-0.39, 0.29) is 23.1 Å². The maximum Gasteiger partial charge on any atom is 0.282 e. The number of imide groups is 1. The summed E-state index contributed by atoms with van der Waals surface area (Å²) in [6, 6.07) is 13.4. The zero-order valence-electron chi connectivity index (χ0n) is 16.7. The average molecular weight is 440 g/mol. The van der Waals surface area contributed by atoms with Gasteiger partial charge in [0.25, 0.3) is 11.8 Å². The van der Waals surface area contributed by atoms with E-state index in [4.69, 9.17) is 4.74 Å². The number of anilines is 2. The van der Waals surface area contributed by atoms with Crippen LogP contribution in [0.25, 0.3) is 5.57 Å². The summed E-state index contributed by atoms with van der Waals surface area (Å²) in [5, 5.41) is 4.80. The molecule has 31 heavy (non-hydrogen) atoms. The molecule has 2 aromatic carbocycles. The SMILES string of the molecule is CC(C)Oc1ccc(NC2=C(c3cccs3)C(=O)N(c3ccc(F)c(F)c3)C2=O)cc1. The lowest BCUT2D eigenvalue weighted by Gasteiger charge is -2.15. The molecule has 1 aliphatic rings. The van der Waals surface area contributed by atoms with Crippen molar-refractivity contribution in [3.63, 3.8) is 0 Å². The largest absolute Gasteiger partial charge is 0.491 e. The Kier molecular flexibility index (Phi) is 5.56. The van der Waals surface area contributed by atoms with Gasteiger partial charge in [-0.25, -0.2) is 13.7 Å². The Balaban J connectivity index is 1.71. The Morgan fingerprint density at radius 3 is 2.32 bits per heavy atom. The van der Waals surface area contributed by atoms with E-state index >= 15 is 0 Å². The van der Waals surface area contributed by atoms with E-state index in [9.17, 15) is 18.4 Å². The number of hydrogen-bond acceptors (Lipinski definition) is 5. The van der Waals surface area contributed by atoms with E-state index in [1.165, 1.54) is 17.4 Å². The molecule has 0 atom stereocenters. The van der Waals surface area contributed by atoms with Gasteiger partial charge in [-0.05, 0) is 61.7 Å². The molecule has 1 aromatic heterocycles. The van der Waals surface area contributed by atoms with Gasteiger partial charge in [0.15, 0.2) is 11.6 Å². The van der Waals surface area contributed by atoms with Gasteiger partial charge in [-0.2, -0.15) is 0 Å². The summed E-state index contributed by atoms with van der Waals surface area (Å²) in [5.41, 5.74) is 0.774. The minimum absolute atomic E-state index is 0.0191. The number of ether oxygens (including phenoxy) is 1. The summed E-state index contributed by atoms with van der Waals surface area (Å²) in [5.74, 6) is -2.79. The second-order valence-corrected chi connectivity index (χ2v) is 8.04. The van der Waals surface area contributed by atoms with E-state index in [0.717, 1.165) is 17.0 Å². The first-order chi connectivity index (χ1) is 14.8. The first kappa shape index (κ1) is 20.7. The third kappa shape index (κ3) is 4.06. The molecule has 0 saturated heterocycles. The summed E-state index contributed by atoms with van der Waals surface area (Å²) in [6.45, 7) is 3.83. The van der Waals surface area contributed by atoms with Crippen LogP contribution in [0.3, 0.4) is 0 Å². The molecule has 0 unspecified atom stereocenters. The second-order valence-electron chi connectivity index (χ2n) is 7.09. The lowest BCUT2D eigenvalue weighted by atomic mass is 10.2. The van der Waals surface area contributed by atoms with E-state index < -0.39 is 23.4 Å². The van der Waals surface area contributed by atoms with Crippen LogP contribution in [0.5, 0.6) is 5.75 Å². The highest BCUT2D eigenvalue weighted by molar-refractivity contribution is 7.11. The Bertz CT molecular complexity index is 1170. The third-order valence-corrected chi connectivity index (χ3v) is 5.40. The highest BCUT2D eigenvalue weighted by Gasteiger charge is 2.41. The van der Waals surface area contributed by atoms with Gasteiger partial charge in [-0.15, -0.1) is 11.3 Å². The molecular formula is C23H18F2N2O3S. The van der Waals surface area contributed by atoms with Gasteiger partial charge in [0.2, 0.25) is 0 Å². The van der Waals surface area contributed by atoms with Crippen molar-refractivity contribution in [3.8, 4) is 5.75 Å². The number of thiophene rings is 1. The summed E-state index contributed by atoms with van der Waals surface area (Å²) in [4.78, 5) is 27.8. The Morgan fingerprint density at radius 1 is 0.968 bits per heavy atom. The molecule has 5 nitrogen and oxygen atoms in total. The molecule has 8 heteroatoms. The van der Waals surface area contributed by atoms with Gasteiger partial charge < -0.3 is 10.1 Å². The molecule has 2 heterocycles. The predicted molar refractivity (Wildman–Crippen MR) is 116 cm³/mol. The van der Waals surface area contributed by atoms with Gasteiger partial charge in [0, 0.05) is 16.6 Å². The molecule has 0 radical (unpaired) electrons. The average Bonchev–Trinajstić information content (AvgIpc) is 3.32. The maximum atomic E-state index is 13.8. The number of nitrogens with one attached hydrogen (secondary N) is 1. The zero-order valence-corrected chi connectivity index (χ0v) is 17.5. The first-order valence-corrected chi connectivity index (χ1v) is 10.4. The molecule has 0 aliphatic carbocycles. The lowest BCUT2D eigenvalue weighted by molar-refractivity contribution is -0.120. The van der Waals surface area contributed by atoms with Gasteiger partial charge in [-0.1, -0.05) is 6.07 Å². The van der Waals surface area contributed by atoms with Crippen LogP contribution in [-0.4, -0.2) is 17.9 Å². The van der Waals surface area contributed by atoms with Crippen LogP contribution in [0.4, 0.5) is 20.2 Å². The van der Waals surface area contributed by atoms with E-state index in [2.05, 4.69) is 5.32 Å². The zero-order chi connectivity index (χ0) is 22.1. The van der Waals surface area contributed by atoms with Gasteiger partial charge in [0.05, 0.1) is 17.4 Å². The van der Waals surface area contributed by atoms with Crippen molar-refractivity contribution in [1.29, 1.82) is 0 Å². The molecule has 0 saturated carbocycles. The molecule has 0 fully saturated rings. The van der Waals surface area contributed by atoms with Crippen molar-refractivity contribution in [1.82, 2.24) is 0 Å². The normalized spacial score (nSPS) is 14.0. The van der Waals surface area contributed by atoms with Crippen molar-refractivity contribution in [2.45, 2.75) is 20.0 Å². The molecular weight excluding hydrogens is 422 g/mol. The Labute approximate surface area is 181 Å². The number of rotatable bonds is 6. The maximum absolute atomic E-state index is 13.8. The topological polar surface area (TPSA) is 58.6 Å². The number of hydrogen-bond donors (Lipinski definition) is 1. The summed E-state index contributed by atoms with van der Waals surface area (Å²) in [6.07, 6.45) is 0.0191. The van der Waals surface area contributed by atoms with Crippen molar-refractivity contribution < 1.29 is 23.1 Å². The quantitative estimate of drug-likeness (QED) is 0.535. The smallest absolute Gasteiger partial charge is 0.282 e. The summed E-state index contributed by atoms with van der Waals surface area (Å²) >= 11 is 1.30. The molecule has 0 bridgehead atoms. The van der Waals surface area contributed by atoms with Crippen LogP contribution in [0, 0.1) is 11.6 Å². The highest BCUT2D eigenvalue weighted by atomic mass is 32.1. The molecule has 3 aromatic rings. The van der Waals surface area contributed by atoms with Crippen molar-refractivity contribution in [2.75, 3.05) is 10.2 Å². The van der Waals surface area contributed by atoms with Gasteiger partial charge >= 0.3 is 0 Å². The van der Waals surface area contributed by atoms with E-state index in [0.29, 0.717) is 16.3 Å². The fourth-order valence-corrected chi connectivity index (χ4v) is 3.96. The molecule has 0 spiro atoms. The number of benzene rings is 2. The van der Waals surface area contributed by atoms with Crippen molar-refractivity contribution >= 4 is 40.1 Å². The van der Waals surface area contributed by atoms with Crippen LogP contribution in [-0.2, 0) is 9.59 Å². The molecule has 4 rings (SSSR count). The Morgan fingerprint density at radius 2 is 1.71 bits per heavy atom. The first-order valence-electron chi connectivity index (χ1n) is 9.51. The van der Waals surface area contributed by atoms with Crippen LogP contribution >= 0.6 is 11.3 Å². The molecule has 2 amide bonds. The van der Waals surface area contributed by atoms with Crippen LogP contribution in [0.1, 0.15) is 18.7 Å². The standard InChI is InChI=1S/C23H18F2N2O3S/c1-13(2)30-16-8-5-14(6-9-16)26-21-20(19-4-3-11-31-19)22(28)27(23(21)29)15-7-10-17(24)18(25)12-15/h3-13,26H,1-2H3. The number of nitrogens with zero attached hydrogens (tertiary/aromatic N) is 1. The predicted octanol–water partition coefficient (Wildman–Crippen LogP) is 5.21. The van der Waals surface area contributed by atoms with Crippen LogP contribution < -0.4 is 15.0 Å². The third-order valence-electron chi connectivity index (χ3n) is 4.51. The fourth-order valence-electron chi connectivity index (χ4n) is 3.19. The minimum Gasteiger partial charge on any atom is -0.491 e. The summed E-state index contributed by atoms with van der Waals surface area (Å²) < 4.78 is 32.7.